The van der Waals surface area contributed by atoms with Crippen molar-refractivity contribution >= 4 is 24.2 Å². The minimum Gasteiger partial charge on any atom is -0.408 e. The van der Waals surface area contributed by atoms with Crippen molar-refractivity contribution in [2.24, 2.45) is 4.99 Å². The molecule has 0 fully saturated rings. The quantitative estimate of drug-likeness (QED) is 0.523. The maximum atomic E-state index is 8.83. The largest absolute Gasteiger partial charge is 0.589 e. The first kappa shape index (κ1) is 8.64. The molecule has 0 aromatic rings. The monoisotopic (exact) mass is 172 g/mol. The van der Waals surface area contributed by atoms with Crippen LogP contribution in [0.2, 0.25) is 0 Å². The van der Waals surface area contributed by atoms with E-state index in [4.69, 9.17) is 10.0 Å². The average Bonchev–Trinajstić information content (AvgIpc) is 2.04. The lowest BCUT2D eigenvalue weighted by atomic mass is 10.1. The van der Waals surface area contributed by atoms with Gasteiger partial charge < -0.3 is 14.9 Å². The normalized spacial score (nSPS) is 16.6. The average molecular weight is 172 g/mol. The van der Waals surface area contributed by atoms with E-state index in [-0.39, 0.29) is 0 Å². The van der Waals surface area contributed by atoms with E-state index in [1.165, 1.54) is 16.6 Å². The van der Waals surface area contributed by atoms with Crippen molar-refractivity contribution < 1.29 is 10.0 Å². The Labute approximate surface area is 69.8 Å². The molecule has 0 bridgehead atoms. The first-order chi connectivity index (χ1) is 5.25. The van der Waals surface area contributed by atoms with E-state index < -0.39 is 7.25 Å². The molecule has 0 spiro atoms. The summed E-state index contributed by atoms with van der Waals surface area (Å²) in [6.07, 6.45) is 5.26. The van der Waals surface area contributed by atoms with E-state index in [1.807, 2.05) is 6.26 Å². The minimum absolute atomic E-state index is 0.497. The molecule has 6 heteroatoms. The Balaban J connectivity index is 2.67. The first-order valence-electron chi connectivity index (χ1n) is 3.15. The number of hydrogen-bond acceptors (Lipinski definition) is 5. The Kier molecular flexibility index (Phi) is 2.98. The maximum absolute atomic E-state index is 8.83. The Hall–Kier alpha value is -0.455. The summed E-state index contributed by atoms with van der Waals surface area (Å²) in [5.74, 6) is 0. The van der Waals surface area contributed by atoms with Gasteiger partial charge in [-0.05, 0) is 12.3 Å². The summed E-state index contributed by atoms with van der Waals surface area (Å²) >= 11 is 1.39. The van der Waals surface area contributed by atoms with Gasteiger partial charge in [0.25, 0.3) is 0 Å². The maximum Gasteiger partial charge on any atom is 0.589 e. The predicted octanol–water partition coefficient (Wildman–Crippen LogP) is -0.496. The van der Waals surface area contributed by atoms with Gasteiger partial charge in [0.15, 0.2) is 5.17 Å². The van der Waals surface area contributed by atoms with Crippen LogP contribution >= 0.6 is 11.8 Å². The molecule has 0 aromatic heterocycles. The molecule has 2 N–H and O–H groups in total. The molecule has 0 aromatic carbocycles. The van der Waals surface area contributed by atoms with Crippen LogP contribution in [0.25, 0.3) is 0 Å². The van der Waals surface area contributed by atoms with E-state index in [0.717, 1.165) is 0 Å². The molecule has 0 unspecified atom stereocenters. The number of rotatable bonds is 1. The topological polar surface area (TPSA) is 56.1 Å². The lowest BCUT2D eigenvalue weighted by Crippen LogP contribution is -2.43. The van der Waals surface area contributed by atoms with Crippen molar-refractivity contribution in [3.05, 3.63) is 12.3 Å². The lowest BCUT2D eigenvalue weighted by Gasteiger charge is -2.23. The van der Waals surface area contributed by atoms with Crippen LogP contribution in [0.3, 0.4) is 0 Å². The molecule has 0 saturated carbocycles. The molecule has 1 rings (SSSR count). The zero-order valence-corrected chi connectivity index (χ0v) is 6.95. The standard InChI is InChI=1S/C5H9BN2O2S/c1-11-5-7-3-2-4-8(5)6(9)10/h2-3,9-10H,4H2,1H3. The Morgan fingerprint density at radius 2 is 2.45 bits per heavy atom. The third-order valence-electron chi connectivity index (χ3n) is 1.30. The van der Waals surface area contributed by atoms with Crippen molar-refractivity contribution in [1.82, 2.24) is 4.81 Å². The van der Waals surface area contributed by atoms with Crippen LogP contribution in [0.15, 0.2) is 17.3 Å². The summed E-state index contributed by atoms with van der Waals surface area (Å²) in [5.41, 5.74) is 0. The molecule has 1 aliphatic rings. The van der Waals surface area contributed by atoms with E-state index in [0.29, 0.717) is 11.7 Å². The molecule has 0 radical (unpaired) electrons. The van der Waals surface area contributed by atoms with Gasteiger partial charge in [-0.15, -0.1) is 0 Å². The van der Waals surface area contributed by atoms with Crippen LogP contribution in [0.4, 0.5) is 0 Å². The second-order valence-corrected chi connectivity index (χ2v) is 2.77. The molecule has 0 saturated heterocycles. The summed E-state index contributed by atoms with van der Waals surface area (Å²) in [6, 6.07) is 0. The van der Waals surface area contributed by atoms with Crippen molar-refractivity contribution in [2.75, 3.05) is 12.8 Å². The van der Waals surface area contributed by atoms with Crippen LogP contribution in [0.1, 0.15) is 0 Å². The zero-order chi connectivity index (χ0) is 8.27. The van der Waals surface area contributed by atoms with Crippen LogP contribution in [0.5, 0.6) is 0 Å². The molecule has 11 heavy (non-hydrogen) atoms. The number of thioether (sulfide) groups is 1. The number of aliphatic imine (C=N–C) groups is 1. The zero-order valence-electron chi connectivity index (χ0n) is 6.14. The van der Waals surface area contributed by atoms with Gasteiger partial charge >= 0.3 is 7.25 Å². The van der Waals surface area contributed by atoms with Crippen LogP contribution in [-0.2, 0) is 0 Å². The molecule has 4 nitrogen and oxygen atoms in total. The van der Waals surface area contributed by atoms with Gasteiger partial charge in [-0.2, -0.15) is 0 Å². The van der Waals surface area contributed by atoms with Crippen molar-refractivity contribution in [2.45, 2.75) is 0 Å². The third kappa shape index (κ3) is 1.98. The van der Waals surface area contributed by atoms with Gasteiger partial charge in [0.05, 0.1) is 0 Å². The van der Waals surface area contributed by atoms with Gasteiger partial charge in [-0.3, -0.25) is 0 Å². The van der Waals surface area contributed by atoms with Crippen molar-refractivity contribution in [3.63, 3.8) is 0 Å². The van der Waals surface area contributed by atoms with Gasteiger partial charge in [-0.1, -0.05) is 11.8 Å². The van der Waals surface area contributed by atoms with E-state index in [2.05, 4.69) is 4.99 Å². The highest BCUT2D eigenvalue weighted by molar-refractivity contribution is 8.13. The number of nitrogens with zero attached hydrogens (tertiary/aromatic N) is 2. The Bertz CT molecular complexity index is 195. The van der Waals surface area contributed by atoms with Gasteiger partial charge in [0, 0.05) is 12.7 Å². The molecule has 0 amide bonds. The first-order valence-corrected chi connectivity index (χ1v) is 4.37. The van der Waals surface area contributed by atoms with Crippen LogP contribution in [0, 0.1) is 0 Å². The predicted molar refractivity (Wildman–Crippen MR) is 47.0 cm³/mol. The molecule has 0 atom stereocenters. The second kappa shape index (κ2) is 3.80. The molecule has 1 heterocycles. The lowest BCUT2D eigenvalue weighted by molar-refractivity contribution is 0.340. The SMILES string of the molecule is CSC1=NC=CCN1B(O)O. The van der Waals surface area contributed by atoms with Gasteiger partial charge in [-0.25, -0.2) is 4.99 Å². The smallest absolute Gasteiger partial charge is 0.408 e. The van der Waals surface area contributed by atoms with E-state index >= 15 is 0 Å². The van der Waals surface area contributed by atoms with E-state index in [1.54, 1.807) is 12.3 Å². The van der Waals surface area contributed by atoms with Crippen LogP contribution in [-0.4, -0.2) is 40.1 Å². The highest BCUT2D eigenvalue weighted by Gasteiger charge is 2.23. The fourth-order valence-corrected chi connectivity index (χ4v) is 1.36. The second-order valence-electron chi connectivity index (χ2n) is 2.00. The fraction of sp³-hybridized carbons (Fsp3) is 0.400. The van der Waals surface area contributed by atoms with Gasteiger partial charge in [0.2, 0.25) is 0 Å². The van der Waals surface area contributed by atoms with Crippen molar-refractivity contribution in [1.29, 1.82) is 0 Å². The molecule has 0 aliphatic carbocycles. The molecular weight excluding hydrogens is 163 g/mol. The summed E-state index contributed by atoms with van der Waals surface area (Å²) < 4.78 is 0. The minimum atomic E-state index is -1.45. The summed E-state index contributed by atoms with van der Waals surface area (Å²) in [4.78, 5) is 5.35. The highest BCUT2D eigenvalue weighted by Crippen LogP contribution is 2.09. The molecule has 60 valence electrons. The summed E-state index contributed by atoms with van der Waals surface area (Å²) in [5, 5.41) is 18.3. The molecular formula is C5H9BN2O2S. The number of amidine groups is 1. The van der Waals surface area contributed by atoms with Gasteiger partial charge in [0.1, 0.15) is 0 Å². The summed E-state index contributed by atoms with van der Waals surface area (Å²) in [6.45, 7) is 0.497. The summed E-state index contributed by atoms with van der Waals surface area (Å²) in [7, 11) is -1.45. The number of hydrogen-bond donors (Lipinski definition) is 2. The van der Waals surface area contributed by atoms with E-state index in [9.17, 15) is 0 Å². The highest BCUT2D eigenvalue weighted by atomic mass is 32.2. The van der Waals surface area contributed by atoms with Crippen molar-refractivity contribution in [3.8, 4) is 0 Å². The molecule has 1 aliphatic heterocycles. The Morgan fingerprint density at radius 1 is 1.73 bits per heavy atom. The van der Waals surface area contributed by atoms with Crippen LogP contribution < -0.4 is 0 Å². The third-order valence-corrected chi connectivity index (χ3v) is 2.00. The fourth-order valence-electron chi connectivity index (χ4n) is 0.792. The Morgan fingerprint density at radius 3 is 2.91 bits per heavy atom.